The summed E-state index contributed by atoms with van der Waals surface area (Å²) in [6.45, 7) is 5.99. The Morgan fingerprint density at radius 1 is 1.24 bits per heavy atom. The largest absolute Gasteiger partial charge is 0.484 e. The van der Waals surface area contributed by atoms with E-state index in [1.54, 1.807) is 17.6 Å². The van der Waals surface area contributed by atoms with Crippen molar-refractivity contribution in [1.29, 1.82) is 0 Å². The molecule has 4 nitrogen and oxygen atoms in total. The minimum Gasteiger partial charge on any atom is -0.484 e. The van der Waals surface area contributed by atoms with Crippen molar-refractivity contribution in [3.05, 3.63) is 51.2 Å². The predicted octanol–water partition coefficient (Wildman–Crippen LogP) is 3.20. The topological polar surface area (TPSA) is 50.7 Å². The van der Waals surface area contributed by atoms with Crippen molar-refractivity contribution in [3.8, 4) is 5.75 Å². The summed E-state index contributed by atoms with van der Waals surface area (Å²) in [6, 6.07) is 7.76. The molecule has 0 fully saturated rings. The highest BCUT2D eigenvalue weighted by Crippen LogP contribution is 2.16. The minimum absolute atomic E-state index is 0.0523. The van der Waals surface area contributed by atoms with Gasteiger partial charge >= 0.3 is 0 Å². The molecule has 1 aromatic heterocycles. The van der Waals surface area contributed by atoms with E-state index in [0.717, 1.165) is 16.0 Å². The zero-order valence-corrected chi connectivity index (χ0v) is 13.2. The fraction of sp³-hybridized carbons (Fsp3) is 0.250. The van der Waals surface area contributed by atoms with Gasteiger partial charge in [0.15, 0.2) is 6.61 Å². The third-order valence-corrected chi connectivity index (χ3v) is 4.07. The number of carbonyl (C=O) groups is 1. The van der Waals surface area contributed by atoms with Gasteiger partial charge in [-0.2, -0.15) is 5.10 Å². The zero-order chi connectivity index (χ0) is 15.2. The second kappa shape index (κ2) is 7.04. The van der Waals surface area contributed by atoms with Crippen molar-refractivity contribution in [1.82, 2.24) is 5.43 Å². The standard InChI is InChI=1S/C16H18N2O2S/c1-11-4-5-14(8-13(11)3)20-10-16(19)18-17-9-15-12(2)6-7-21-15/h4-9H,10H2,1-3H3,(H,18,19). The number of rotatable bonds is 5. The quantitative estimate of drug-likeness (QED) is 0.681. The van der Waals surface area contributed by atoms with E-state index < -0.39 is 0 Å². The number of benzene rings is 1. The molecule has 0 bridgehead atoms. The maximum absolute atomic E-state index is 11.6. The van der Waals surface area contributed by atoms with Crippen LogP contribution in [0.4, 0.5) is 0 Å². The molecule has 1 heterocycles. The average Bonchev–Trinajstić information content (AvgIpc) is 2.86. The second-order valence-electron chi connectivity index (χ2n) is 4.80. The summed E-state index contributed by atoms with van der Waals surface area (Å²) in [5, 5.41) is 5.91. The number of aryl methyl sites for hydroxylation is 3. The molecule has 1 amide bonds. The lowest BCUT2D eigenvalue weighted by Crippen LogP contribution is -2.24. The number of carbonyl (C=O) groups excluding carboxylic acids is 1. The van der Waals surface area contributed by atoms with Gasteiger partial charge in [-0.25, -0.2) is 5.43 Å². The van der Waals surface area contributed by atoms with E-state index in [1.165, 1.54) is 5.56 Å². The van der Waals surface area contributed by atoms with Gasteiger partial charge < -0.3 is 4.74 Å². The monoisotopic (exact) mass is 302 g/mol. The van der Waals surface area contributed by atoms with Gasteiger partial charge in [-0.3, -0.25) is 4.79 Å². The lowest BCUT2D eigenvalue weighted by atomic mass is 10.1. The number of ether oxygens (including phenoxy) is 1. The first-order valence-electron chi connectivity index (χ1n) is 6.62. The molecule has 2 aromatic rings. The Morgan fingerprint density at radius 3 is 2.71 bits per heavy atom. The van der Waals surface area contributed by atoms with E-state index in [-0.39, 0.29) is 12.5 Å². The number of amides is 1. The first-order valence-corrected chi connectivity index (χ1v) is 7.50. The van der Waals surface area contributed by atoms with Gasteiger partial charge in [0.2, 0.25) is 0 Å². The molecule has 0 aliphatic rings. The Kier molecular flexibility index (Phi) is 5.11. The maximum Gasteiger partial charge on any atom is 0.277 e. The van der Waals surface area contributed by atoms with Gasteiger partial charge in [0, 0.05) is 4.88 Å². The number of nitrogens with zero attached hydrogens (tertiary/aromatic N) is 1. The van der Waals surface area contributed by atoms with Crippen molar-refractivity contribution in [2.75, 3.05) is 6.61 Å². The van der Waals surface area contributed by atoms with Crippen LogP contribution in [-0.2, 0) is 4.79 Å². The molecule has 0 radical (unpaired) electrons. The summed E-state index contributed by atoms with van der Waals surface area (Å²) in [6.07, 6.45) is 1.65. The van der Waals surface area contributed by atoms with Crippen LogP contribution in [0.3, 0.4) is 0 Å². The van der Waals surface area contributed by atoms with Crippen LogP contribution in [0.25, 0.3) is 0 Å². The summed E-state index contributed by atoms with van der Waals surface area (Å²) in [7, 11) is 0. The highest BCUT2D eigenvalue weighted by molar-refractivity contribution is 7.11. The first-order chi connectivity index (χ1) is 10.1. The maximum atomic E-state index is 11.6. The van der Waals surface area contributed by atoms with E-state index >= 15 is 0 Å². The van der Waals surface area contributed by atoms with E-state index in [9.17, 15) is 4.79 Å². The molecule has 1 N–H and O–H groups in total. The highest BCUT2D eigenvalue weighted by Gasteiger charge is 2.03. The Morgan fingerprint density at radius 2 is 2.05 bits per heavy atom. The van der Waals surface area contributed by atoms with Gasteiger partial charge in [0.05, 0.1) is 6.21 Å². The second-order valence-corrected chi connectivity index (χ2v) is 5.74. The van der Waals surface area contributed by atoms with Crippen LogP contribution in [0.15, 0.2) is 34.7 Å². The molecule has 0 unspecified atom stereocenters. The SMILES string of the molecule is Cc1ccc(OCC(=O)NN=Cc2sccc2C)cc1C. The zero-order valence-electron chi connectivity index (χ0n) is 12.3. The highest BCUT2D eigenvalue weighted by atomic mass is 32.1. The average molecular weight is 302 g/mol. The molecule has 2 rings (SSSR count). The van der Waals surface area contributed by atoms with Crippen molar-refractivity contribution >= 4 is 23.5 Å². The molecular weight excluding hydrogens is 284 g/mol. The van der Waals surface area contributed by atoms with Crippen LogP contribution in [0.1, 0.15) is 21.6 Å². The fourth-order valence-electron chi connectivity index (χ4n) is 1.66. The van der Waals surface area contributed by atoms with E-state index in [1.807, 2.05) is 50.4 Å². The molecule has 0 aliphatic carbocycles. The molecule has 0 spiro atoms. The third-order valence-electron chi connectivity index (χ3n) is 3.12. The van der Waals surface area contributed by atoms with Crippen LogP contribution in [0.2, 0.25) is 0 Å². The Bertz CT molecular complexity index is 662. The summed E-state index contributed by atoms with van der Waals surface area (Å²) in [5.41, 5.74) is 5.93. The van der Waals surface area contributed by atoms with Gasteiger partial charge in [-0.15, -0.1) is 11.3 Å². The van der Waals surface area contributed by atoms with Gasteiger partial charge in [0.25, 0.3) is 5.91 Å². The molecule has 110 valence electrons. The van der Waals surface area contributed by atoms with Crippen molar-refractivity contribution in [2.24, 2.45) is 5.10 Å². The first kappa shape index (κ1) is 15.3. The van der Waals surface area contributed by atoms with Gasteiger partial charge in [0.1, 0.15) is 5.75 Å². The molecule has 0 atom stereocenters. The summed E-state index contributed by atoms with van der Waals surface area (Å²) >= 11 is 1.58. The van der Waals surface area contributed by atoms with Crippen molar-refractivity contribution in [3.63, 3.8) is 0 Å². The van der Waals surface area contributed by atoms with Crippen LogP contribution >= 0.6 is 11.3 Å². The molecule has 1 aromatic carbocycles. The lowest BCUT2D eigenvalue weighted by Gasteiger charge is -2.07. The van der Waals surface area contributed by atoms with Gasteiger partial charge in [-0.1, -0.05) is 6.07 Å². The van der Waals surface area contributed by atoms with Crippen LogP contribution < -0.4 is 10.2 Å². The molecule has 0 saturated carbocycles. The Hall–Kier alpha value is -2.14. The van der Waals surface area contributed by atoms with E-state index in [4.69, 9.17) is 4.74 Å². The molecule has 0 aliphatic heterocycles. The Balaban J connectivity index is 1.81. The van der Waals surface area contributed by atoms with Crippen molar-refractivity contribution < 1.29 is 9.53 Å². The normalized spacial score (nSPS) is 10.8. The summed E-state index contributed by atoms with van der Waals surface area (Å²) < 4.78 is 5.43. The number of thiophene rings is 1. The van der Waals surface area contributed by atoms with E-state index in [2.05, 4.69) is 10.5 Å². The molecule has 21 heavy (non-hydrogen) atoms. The Labute approximate surface area is 128 Å². The number of hydrazone groups is 1. The fourth-order valence-corrected chi connectivity index (χ4v) is 2.45. The van der Waals surface area contributed by atoms with Crippen LogP contribution in [0.5, 0.6) is 5.75 Å². The van der Waals surface area contributed by atoms with Gasteiger partial charge in [-0.05, 0) is 61.0 Å². The molecule has 5 heteroatoms. The van der Waals surface area contributed by atoms with Crippen LogP contribution in [0, 0.1) is 20.8 Å². The number of hydrogen-bond acceptors (Lipinski definition) is 4. The summed E-state index contributed by atoms with van der Waals surface area (Å²) in [4.78, 5) is 12.7. The minimum atomic E-state index is -0.279. The molecular formula is C16H18N2O2S. The summed E-state index contributed by atoms with van der Waals surface area (Å²) in [5.74, 6) is 0.407. The van der Waals surface area contributed by atoms with Crippen molar-refractivity contribution in [2.45, 2.75) is 20.8 Å². The van der Waals surface area contributed by atoms with Crippen LogP contribution in [-0.4, -0.2) is 18.7 Å². The van der Waals surface area contributed by atoms with E-state index in [0.29, 0.717) is 5.75 Å². The molecule has 0 saturated heterocycles. The number of nitrogens with one attached hydrogen (secondary N) is 1. The predicted molar refractivity (Wildman–Crippen MR) is 86.2 cm³/mol. The third kappa shape index (κ3) is 4.43. The smallest absolute Gasteiger partial charge is 0.277 e. The lowest BCUT2D eigenvalue weighted by molar-refractivity contribution is -0.123. The number of hydrogen-bond donors (Lipinski definition) is 1.